The first-order valence-corrected chi connectivity index (χ1v) is 6.30. The van der Waals surface area contributed by atoms with Gasteiger partial charge < -0.3 is 9.84 Å². The van der Waals surface area contributed by atoms with Gasteiger partial charge in [0.1, 0.15) is 0 Å². The highest BCUT2D eigenvalue weighted by atomic mass is 16.5. The predicted octanol–water partition coefficient (Wildman–Crippen LogP) is 2.53. The topological polar surface area (TPSA) is 59.4 Å². The summed E-state index contributed by atoms with van der Waals surface area (Å²) in [4.78, 5) is 15.6. The van der Waals surface area contributed by atoms with E-state index < -0.39 is 12.1 Å². The third-order valence-electron chi connectivity index (χ3n) is 2.93. The number of aliphatic hydroxyl groups excluding tert-OH is 1. The zero-order valence-electron chi connectivity index (χ0n) is 11.1. The van der Waals surface area contributed by atoms with Crippen LogP contribution < -0.4 is 0 Å². The minimum Gasteiger partial charge on any atom is -0.466 e. The molecular formula is C15H17NO3. The van der Waals surface area contributed by atoms with Crippen molar-refractivity contribution in [2.75, 3.05) is 6.61 Å². The van der Waals surface area contributed by atoms with Gasteiger partial charge in [0.25, 0.3) is 0 Å². The SMILES string of the molecule is CCOC(=O)C[C@H](O)c1ccc2cc(C)ncc2c1. The third kappa shape index (κ3) is 3.29. The Hall–Kier alpha value is -1.94. The number of fused-ring (bicyclic) bond motifs is 1. The van der Waals surface area contributed by atoms with Crippen molar-refractivity contribution in [3.8, 4) is 0 Å². The van der Waals surface area contributed by atoms with Gasteiger partial charge in [-0.3, -0.25) is 9.78 Å². The highest BCUT2D eigenvalue weighted by Gasteiger charge is 2.14. The quantitative estimate of drug-likeness (QED) is 0.857. The lowest BCUT2D eigenvalue weighted by Gasteiger charge is -2.11. The molecule has 0 saturated heterocycles. The molecule has 1 atom stereocenters. The summed E-state index contributed by atoms with van der Waals surface area (Å²) in [5, 5.41) is 12.0. The number of hydrogen-bond donors (Lipinski definition) is 1. The van der Waals surface area contributed by atoms with Crippen LogP contribution in [-0.2, 0) is 9.53 Å². The van der Waals surface area contributed by atoms with E-state index in [1.807, 2.05) is 31.2 Å². The summed E-state index contributed by atoms with van der Waals surface area (Å²) in [5.74, 6) is -0.392. The van der Waals surface area contributed by atoms with E-state index in [1.165, 1.54) is 0 Å². The molecule has 0 aliphatic carbocycles. The van der Waals surface area contributed by atoms with E-state index in [9.17, 15) is 9.90 Å². The molecule has 1 aromatic heterocycles. The molecule has 0 aliphatic heterocycles. The maximum Gasteiger partial charge on any atom is 0.308 e. The molecule has 0 aliphatic rings. The Balaban J connectivity index is 2.20. The molecule has 0 radical (unpaired) electrons. The fraction of sp³-hybridized carbons (Fsp3) is 0.333. The highest BCUT2D eigenvalue weighted by Crippen LogP contribution is 2.22. The number of esters is 1. The Morgan fingerprint density at radius 2 is 2.16 bits per heavy atom. The summed E-state index contributed by atoms with van der Waals surface area (Å²) in [6.45, 7) is 4.00. The van der Waals surface area contributed by atoms with Gasteiger partial charge in [-0.2, -0.15) is 0 Å². The molecule has 0 bridgehead atoms. The zero-order chi connectivity index (χ0) is 13.8. The number of aromatic nitrogens is 1. The molecule has 1 aromatic carbocycles. The second kappa shape index (κ2) is 5.80. The van der Waals surface area contributed by atoms with Gasteiger partial charge in [-0.25, -0.2) is 0 Å². The van der Waals surface area contributed by atoms with E-state index in [0.717, 1.165) is 16.5 Å². The molecular weight excluding hydrogens is 242 g/mol. The van der Waals surface area contributed by atoms with Crippen LogP contribution in [0.3, 0.4) is 0 Å². The number of pyridine rings is 1. The normalized spacial score (nSPS) is 12.4. The number of aryl methyl sites for hydroxylation is 1. The first kappa shape index (κ1) is 13.5. The van der Waals surface area contributed by atoms with Crippen LogP contribution in [0.5, 0.6) is 0 Å². The Labute approximate surface area is 112 Å². The fourth-order valence-electron chi connectivity index (χ4n) is 1.97. The average Bonchev–Trinajstić information content (AvgIpc) is 2.38. The molecule has 0 spiro atoms. The van der Waals surface area contributed by atoms with E-state index in [4.69, 9.17) is 4.74 Å². The van der Waals surface area contributed by atoms with Crippen LogP contribution >= 0.6 is 0 Å². The van der Waals surface area contributed by atoms with Crippen molar-refractivity contribution < 1.29 is 14.6 Å². The maximum absolute atomic E-state index is 11.3. The molecule has 4 heteroatoms. The van der Waals surface area contributed by atoms with Crippen LogP contribution in [0.2, 0.25) is 0 Å². The lowest BCUT2D eigenvalue weighted by atomic mass is 10.0. The molecule has 19 heavy (non-hydrogen) atoms. The molecule has 2 rings (SSSR count). The number of carbonyl (C=O) groups excluding carboxylic acids is 1. The lowest BCUT2D eigenvalue weighted by molar-refractivity contribution is -0.145. The minimum absolute atomic E-state index is 0.0291. The summed E-state index contributed by atoms with van der Waals surface area (Å²) in [5.41, 5.74) is 1.65. The van der Waals surface area contributed by atoms with Gasteiger partial charge in [-0.15, -0.1) is 0 Å². The molecule has 1 N–H and O–H groups in total. The Bertz CT molecular complexity index is 595. The van der Waals surface area contributed by atoms with E-state index in [0.29, 0.717) is 12.2 Å². The summed E-state index contributed by atoms with van der Waals surface area (Å²) in [6.07, 6.45) is 0.897. The number of benzene rings is 1. The summed E-state index contributed by atoms with van der Waals surface area (Å²) in [6, 6.07) is 7.59. The number of hydrogen-bond acceptors (Lipinski definition) is 4. The van der Waals surface area contributed by atoms with E-state index in [1.54, 1.807) is 13.1 Å². The molecule has 0 fully saturated rings. The summed E-state index contributed by atoms with van der Waals surface area (Å²) < 4.78 is 4.83. The second-order valence-electron chi connectivity index (χ2n) is 4.46. The lowest BCUT2D eigenvalue weighted by Crippen LogP contribution is -2.10. The first-order valence-electron chi connectivity index (χ1n) is 6.30. The van der Waals surface area contributed by atoms with Crippen molar-refractivity contribution in [3.05, 3.63) is 41.7 Å². The van der Waals surface area contributed by atoms with Crippen LogP contribution in [0.1, 0.15) is 30.7 Å². The number of aliphatic hydroxyl groups is 1. The summed E-state index contributed by atoms with van der Waals surface area (Å²) >= 11 is 0. The fourth-order valence-corrected chi connectivity index (χ4v) is 1.97. The van der Waals surface area contributed by atoms with Crippen molar-refractivity contribution in [2.45, 2.75) is 26.4 Å². The Kier molecular flexibility index (Phi) is 4.12. The van der Waals surface area contributed by atoms with Crippen LogP contribution in [0, 0.1) is 6.92 Å². The van der Waals surface area contributed by atoms with Gasteiger partial charge in [-0.1, -0.05) is 12.1 Å². The number of rotatable bonds is 4. The largest absolute Gasteiger partial charge is 0.466 e. The third-order valence-corrected chi connectivity index (χ3v) is 2.93. The van der Waals surface area contributed by atoms with Crippen molar-refractivity contribution in [3.63, 3.8) is 0 Å². The van der Waals surface area contributed by atoms with Gasteiger partial charge in [0, 0.05) is 17.3 Å². The smallest absolute Gasteiger partial charge is 0.308 e. The monoisotopic (exact) mass is 259 g/mol. The van der Waals surface area contributed by atoms with Crippen LogP contribution in [-0.4, -0.2) is 22.7 Å². The molecule has 1 heterocycles. The minimum atomic E-state index is -0.843. The van der Waals surface area contributed by atoms with Crippen molar-refractivity contribution >= 4 is 16.7 Å². The Morgan fingerprint density at radius 1 is 1.37 bits per heavy atom. The molecule has 2 aromatic rings. The van der Waals surface area contributed by atoms with Gasteiger partial charge in [0.05, 0.1) is 19.1 Å². The number of carbonyl (C=O) groups is 1. The Morgan fingerprint density at radius 3 is 2.89 bits per heavy atom. The van der Waals surface area contributed by atoms with Crippen LogP contribution in [0.4, 0.5) is 0 Å². The predicted molar refractivity (Wildman–Crippen MR) is 72.7 cm³/mol. The van der Waals surface area contributed by atoms with Crippen molar-refractivity contribution in [1.82, 2.24) is 4.98 Å². The van der Waals surface area contributed by atoms with Gasteiger partial charge in [0.15, 0.2) is 0 Å². The molecule has 0 unspecified atom stereocenters. The second-order valence-corrected chi connectivity index (χ2v) is 4.46. The molecule has 100 valence electrons. The number of ether oxygens (including phenoxy) is 1. The van der Waals surface area contributed by atoms with E-state index in [-0.39, 0.29) is 6.42 Å². The molecule has 0 amide bonds. The number of nitrogens with zero attached hydrogens (tertiary/aromatic N) is 1. The molecule has 0 saturated carbocycles. The average molecular weight is 259 g/mol. The van der Waals surface area contributed by atoms with Gasteiger partial charge in [0.2, 0.25) is 0 Å². The van der Waals surface area contributed by atoms with Crippen LogP contribution in [0.15, 0.2) is 30.5 Å². The van der Waals surface area contributed by atoms with E-state index in [2.05, 4.69) is 4.98 Å². The zero-order valence-corrected chi connectivity index (χ0v) is 11.1. The summed E-state index contributed by atoms with van der Waals surface area (Å²) in [7, 11) is 0. The highest BCUT2D eigenvalue weighted by molar-refractivity contribution is 5.83. The van der Waals surface area contributed by atoms with E-state index >= 15 is 0 Å². The molecule has 4 nitrogen and oxygen atoms in total. The first-order chi connectivity index (χ1) is 9.10. The van der Waals surface area contributed by atoms with Crippen molar-refractivity contribution in [2.24, 2.45) is 0 Å². The van der Waals surface area contributed by atoms with Gasteiger partial charge in [-0.05, 0) is 36.9 Å². The standard InChI is InChI=1S/C15H17NO3/c1-3-19-15(18)8-14(17)12-5-4-11-6-10(2)16-9-13(11)7-12/h4-7,9,14,17H,3,8H2,1-2H3/t14-/m0/s1. The van der Waals surface area contributed by atoms with Crippen LogP contribution in [0.25, 0.3) is 10.8 Å². The van der Waals surface area contributed by atoms with Crippen molar-refractivity contribution in [1.29, 1.82) is 0 Å². The van der Waals surface area contributed by atoms with Gasteiger partial charge >= 0.3 is 5.97 Å². The maximum atomic E-state index is 11.3.